The molecule has 1 saturated carbocycles. The van der Waals surface area contributed by atoms with E-state index in [1.165, 1.54) is 12.1 Å². The van der Waals surface area contributed by atoms with Crippen LogP contribution in [0.4, 0.5) is 13.2 Å². The highest BCUT2D eigenvalue weighted by Gasteiger charge is 2.32. The molecule has 0 heterocycles. The zero-order valence-corrected chi connectivity index (χ0v) is 11.3. The minimum atomic E-state index is -4.24. The number of alkyl halides is 3. The number of hydrogen-bond acceptors (Lipinski definition) is 1. The molecule has 1 fully saturated rings. The summed E-state index contributed by atoms with van der Waals surface area (Å²) in [4.78, 5) is 0. The lowest BCUT2D eigenvalue weighted by Crippen LogP contribution is -2.29. The number of nitrogens with one attached hydrogen (secondary N) is 1. The third-order valence-corrected chi connectivity index (χ3v) is 4.38. The zero-order chi connectivity index (χ0) is 14.0. The first-order valence-electron chi connectivity index (χ1n) is 6.75. The molecule has 0 aromatic heterocycles. The third-order valence-electron chi connectivity index (χ3n) is 4.38. The van der Waals surface area contributed by atoms with Crippen molar-refractivity contribution in [2.24, 2.45) is 11.8 Å². The molecule has 1 aliphatic rings. The average molecular weight is 271 g/mol. The van der Waals surface area contributed by atoms with Crippen LogP contribution < -0.4 is 5.32 Å². The molecule has 1 aromatic rings. The number of benzene rings is 1. The fourth-order valence-corrected chi connectivity index (χ4v) is 3.08. The zero-order valence-electron chi connectivity index (χ0n) is 11.3. The highest BCUT2D eigenvalue weighted by Crippen LogP contribution is 2.35. The average Bonchev–Trinajstić information content (AvgIpc) is 2.70. The molecule has 2 rings (SSSR count). The van der Waals surface area contributed by atoms with Crippen LogP contribution >= 0.6 is 0 Å². The summed E-state index contributed by atoms with van der Waals surface area (Å²) in [6, 6.07) is 6.14. The minimum absolute atomic E-state index is 0.541. The molecule has 1 aliphatic carbocycles. The third kappa shape index (κ3) is 3.30. The summed E-state index contributed by atoms with van der Waals surface area (Å²) in [5.41, 5.74) is 0.436. The second-order valence-electron chi connectivity index (χ2n) is 5.49. The summed E-state index contributed by atoms with van der Waals surface area (Å²) in [5, 5.41) is 3.31. The molecule has 19 heavy (non-hydrogen) atoms. The molecular formula is C15H20F3N. The minimum Gasteiger partial charge on any atom is -0.317 e. The largest absolute Gasteiger partial charge is 0.416 e. The van der Waals surface area contributed by atoms with Gasteiger partial charge in [0.15, 0.2) is 0 Å². The monoisotopic (exact) mass is 271 g/mol. The van der Waals surface area contributed by atoms with Gasteiger partial charge in [-0.15, -0.1) is 0 Å². The van der Waals surface area contributed by atoms with E-state index in [2.05, 4.69) is 12.2 Å². The summed E-state index contributed by atoms with van der Waals surface area (Å²) in [6.45, 7) is 2.23. The van der Waals surface area contributed by atoms with E-state index in [0.717, 1.165) is 24.8 Å². The van der Waals surface area contributed by atoms with E-state index in [4.69, 9.17) is 0 Å². The normalized spacial score (nSPS) is 27.7. The lowest BCUT2D eigenvalue weighted by molar-refractivity contribution is -0.137. The second-order valence-corrected chi connectivity index (χ2v) is 5.49. The van der Waals surface area contributed by atoms with E-state index in [0.29, 0.717) is 17.9 Å². The first kappa shape index (κ1) is 14.4. The van der Waals surface area contributed by atoms with Crippen molar-refractivity contribution in [3.05, 3.63) is 35.4 Å². The molecule has 1 aromatic carbocycles. The lowest BCUT2D eigenvalue weighted by atomic mass is 9.89. The maximum absolute atomic E-state index is 12.5. The molecule has 4 heteroatoms. The fourth-order valence-electron chi connectivity index (χ4n) is 3.08. The van der Waals surface area contributed by atoms with Crippen LogP contribution in [0.2, 0.25) is 0 Å². The predicted molar refractivity (Wildman–Crippen MR) is 69.9 cm³/mol. The van der Waals surface area contributed by atoms with Gasteiger partial charge in [0, 0.05) is 6.04 Å². The van der Waals surface area contributed by atoms with Crippen LogP contribution in [0.5, 0.6) is 0 Å². The molecule has 3 atom stereocenters. The van der Waals surface area contributed by atoms with E-state index >= 15 is 0 Å². The van der Waals surface area contributed by atoms with Crippen LogP contribution in [0.1, 0.15) is 30.9 Å². The number of hydrogen-bond donors (Lipinski definition) is 1. The maximum Gasteiger partial charge on any atom is 0.416 e. The summed E-state index contributed by atoms with van der Waals surface area (Å²) in [5.74, 6) is 1.14. The lowest BCUT2D eigenvalue weighted by Gasteiger charge is -2.20. The van der Waals surface area contributed by atoms with Gasteiger partial charge in [-0.3, -0.25) is 0 Å². The molecule has 1 nitrogen and oxygen atoms in total. The predicted octanol–water partition coefficient (Wildman–Crippen LogP) is 3.88. The van der Waals surface area contributed by atoms with E-state index < -0.39 is 11.7 Å². The number of halogens is 3. The van der Waals surface area contributed by atoms with Gasteiger partial charge in [-0.1, -0.05) is 19.1 Å². The Balaban J connectivity index is 2.01. The SMILES string of the molecule is CNC1CCC(Cc2ccc(C(F)(F)F)cc2)C1C. The van der Waals surface area contributed by atoms with Crippen molar-refractivity contribution < 1.29 is 13.2 Å². The van der Waals surface area contributed by atoms with Crippen molar-refractivity contribution in [2.75, 3.05) is 7.05 Å². The van der Waals surface area contributed by atoms with Gasteiger partial charge < -0.3 is 5.32 Å². The molecule has 0 aliphatic heterocycles. The number of rotatable bonds is 3. The van der Waals surface area contributed by atoms with Gasteiger partial charge in [0.1, 0.15) is 0 Å². The van der Waals surface area contributed by atoms with Gasteiger partial charge in [0.2, 0.25) is 0 Å². The highest BCUT2D eigenvalue weighted by molar-refractivity contribution is 5.25. The van der Waals surface area contributed by atoms with Gasteiger partial charge in [0.25, 0.3) is 0 Å². The van der Waals surface area contributed by atoms with Crippen LogP contribution in [0.3, 0.4) is 0 Å². The van der Waals surface area contributed by atoms with E-state index in [1.807, 2.05) is 7.05 Å². The molecule has 3 unspecified atom stereocenters. The van der Waals surface area contributed by atoms with Crippen LogP contribution in [0.15, 0.2) is 24.3 Å². The summed E-state index contributed by atoms with van der Waals surface area (Å²) >= 11 is 0. The summed E-state index contributed by atoms with van der Waals surface area (Å²) < 4.78 is 37.4. The van der Waals surface area contributed by atoms with Crippen LogP contribution in [-0.2, 0) is 12.6 Å². The first-order valence-corrected chi connectivity index (χ1v) is 6.75. The Morgan fingerprint density at radius 1 is 1.16 bits per heavy atom. The van der Waals surface area contributed by atoms with Gasteiger partial charge in [-0.05, 0) is 55.8 Å². The van der Waals surface area contributed by atoms with Gasteiger partial charge >= 0.3 is 6.18 Å². The Bertz CT molecular complexity index is 410. The van der Waals surface area contributed by atoms with Crippen molar-refractivity contribution in [1.29, 1.82) is 0 Å². The van der Waals surface area contributed by atoms with Gasteiger partial charge in [0.05, 0.1) is 5.56 Å². The Labute approximate surface area is 112 Å². The van der Waals surface area contributed by atoms with Crippen LogP contribution in [-0.4, -0.2) is 13.1 Å². The molecule has 0 bridgehead atoms. The molecule has 1 N–H and O–H groups in total. The van der Waals surface area contributed by atoms with Crippen LogP contribution in [0.25, 0.3) is 0 Å². The molecule has 0 spiro atoms. The smallest absolute Gasteiger partial charge is 0.317 e. The fraction of sp³-hybridized carbons (Fsp3) is 0.600. The standard InChI is InChI=1S/C15H20F3N/c1-10-12(5-8-14(10)19-2)9-11-3-6-13(7-4-11)15(16,17)18/h3-4,6-7,10,12,14,19H,5,8-9H2,1-2H3. The van der Waals surface area contributed by atoms with Crippen molar-refractivity contribution in [3.8, 4) is 0 Å². The van der Waals surface area contributed by atoms with E-state index in [-0.39, 0.29) is 0 Å². The highest BCUT2D eigenvalue weighted by atomic mass is 19.4. The van der Waals surface area contributed by atoms with Crippen molar-refractivity contribution >= 4 is 0 Å². The molecule has 106 valence electrons. The summed E-state index contributed by atoms with van der Waals surface area (Å²) in [6.07, 6.45) is -1.06. The summed E-state index contributed by atoms with van der Waals surface area (Å²) in [7, 11) is 1.97. The quantitative estimate of drug-likeness (QED) is 0.879. The Morgan fingerprint density at radius 3 is 2.26 bits per heavy atom. The Morgan fingerprint density at radius 2 is 1.79 bits per heavy atom. The topological polar surface area (TPSA) is 12.0 Å². The maximum atomic E-state index is 12.5. The van der Waals surface area contributed by atoms with E-state index in [9.17, 15) is 13.2 Å². The Kier molecular flexibility index (Phi) is 4.19. The van der Waals surface area contributed by atoms with Gasteiger partial charge in [-0.25, -0.2) is 0 Å². The first-order chi connectivity index (χ1) is 8.91. The molecule has 0 saturated heterocycles. The van der Waals surface area contributed by atoms with Crippen molar-refractivity contribution in [1.82, 2.24) is 5.32 Å². The van der Waals surface area contributed by atoms with Crippen molar-refractivity contribution in [2.45, 2.75) is 38.4 Å². The van der Waals surface area contributed by atoms with Gasteiger partial charge in [-0.2, -0.15) is 13.2 Å². The van der Waals surface area contributed by atoms with E-state index in [1.54, 1.807) is 12.1 Å². The molecular weight excluding hydrogens is 251 g/mol. The Hall–Kier alpha value is -1.03. The molecule has 0 amide bonds. The second kappa shape index (κ2) is 5.53. The van der Waals surface area contributed by atoms with Crippen molar-refractivity contribution in [3.63, 3.8) is 0 Å². The van der Waals surface area contributed by atoms with Crippen LogP contribution in [0, 0.1) is 11.8 Å². The molecule has 0 radical (unpaired) electrons.